The number of hydrogen-bond acceptors (Lipinski definition) is 6. The molecule has 1 heterocycles. The second kappa shape index (κ2) is 9.38. The van der Waals surface area contributed by atoms with Gasteiger partial charge in [0, 0.05) is 6.20 Å². The number of hydroxylamine groups is 1. The Balaban J connectivity index is 2.34. The van der Waals surface area contributed by atoms with Crippen molar-refractivity contribution in [2.24, 2.45) is 0 Å². The SMILES string of the molecule is Cc1cnc(Nc2c(C(=O)NOC[C@H](O)CO)cc(Cl)c(F)c2F)c(Br)c1. The maximum atomic E-state index is 14.4. The van der Waals surface area contributed by atoms with E-state index in [-0.39, 0.29) is 11.4 Å². The summed E-state index contributed by atoms with van der Waals surface area (Å²) in [5.74, 6) is -3.52. The molecule has 0 radical (unpaired) electrons. The Kier molecular flexibility index (Phi) is 7.45. The molecule has 1 aromatic carbocycles. The number of anilines is 2. The van der Waals surface area contributed by atoms with E-state index in [9.17, 15) is 18.7 Å². The van der Waals surface area contributed by atoms with Crippen LogP contribution in [0.5, 0.6) is 0 Å². The van der Waals surface area contributed by atoms with E-state index in [1.807, 2.05) is 5.48 Å². The first-order valence-corrected chi connectivity index (χ1v) is 8.69. The van der Waals surface area contributed by atoms with E-state index < -0.39 is 47.6 Å². The summed E-state index contributed by atoms with van der Waals surface area (Å²) in [6.45, 7) is 0.807. The molecule has 0 fully saturated rings. The molecule has 0 saturated carbocycles. The highest BCUT2D eigenvalue weighted by Gasteiger charge is 2.23. The van der Waals surface area contributed by atoms with Crippen molar-refractivity contribution in [1.82, 2.24) is 10.5 Å². The predicted octanol–water partition coefficient (Wildman–Crippen LogP) is 2.84. The molecule has 1 aromatic heterocycles. The Hall–Kier alpha value is -1.85. The van der Waals surface area contributed by atoms with E-state index in [0.717, 1.165) is 11.6 Å². The number of hydrogen-bond donors (Lipinski definition) is 4. The van der Waals surface area contributed by atoms with E-state index in [1.165, 1.54) is 6.20 Å². The molecule has 146 valence electrons. The number of amides is 1. The maximum absolute atomic E-state index is 14.4. The normalized spacial score (nSPS) is 12.0. The highest BCUT2D eigenvalue weighted by Crippen LogP contribution is 2.32. The van der Waals surface area contributed by atoms with Crippen LogP contribution in [-0.4, -0.2) is 40.4 Å². The van der Waals surface area contributed by atoms with E-state index >= 15 is 0 Å². The van der Waals surface area contributed by atoms with Crippen molar-refractivity contribution in [3.8, 4) is 0 Å². The van der Waals surface area contributed by atoms with Gasteiger partial charge < -0.3 is 15.5 Å². The highest BCUT2D eigenvalue weighted by molar-refractivity contribution is 9.10. The molecule has 2 aromatic rings. The molecular weight excluding hydrogens is 452 g/mol. The molecule has 0 aliphatic heterocycles. The molecule has 0 unspecified atom stereocenters. The summed E-state index contributed by atoms with van der Waals surface area (Å²) in [6, 6.07) is 2.62. The van der Waals surface area contributed by atoms with Gasteiger partial charge in [-0.1, -0.05) is 11.6 Å². The number of carbonyl (C=O) groups is 1. The smallest absolute Gasteiger partial charge is 0.277 e. The number of carbonyl (C=O) groups excluding carboxylic acids is 1. The number of aliphatic hydroxyl groups is 2. The predicted molar refractivity (Wildman–Crippen MR) is 97.8 cm³/mol. The molecule has 7 nitrogen and oxygen atoms in total. The molecule has 1 amide bonds. The van der Waals surface area contributed by atoms with Crippen LogP contribution in [0.1, 0.15) is 15.9 Å². The standard InChI is InChI=1S/C16H15BrClF2N3O4/c1-7-2-10(17)15(21-4-7)22-14-9(3-11(18)12(19)13(14)20)16(26)23-27-6-8(25)5-24/h2-4,8,24-25H,5-6H2,1H3,(H,21,22)(H,23,26)/t8-/m1/s1. The highest BCUT2D eigenvalue weighted by atomic mass is 79.9. The maximum Gasteiger partial charge on any atom is 0.277 e. The van der Waals surface area contributed by atoms with Gasteiger partial charge in [-0.05, 0) is 40.5 Å². The van der Waals surface area contributed by atoms with Crippen molar-refractivity contribution < 1.29 is 28.6 Å². The van der Waals surface area contributed by atoms with Crippen LogP contribution in [0.2, 0.25) is 5.02 Å². The molecule has 27 heavy (non-hydrogen) atoms. The van der Waals surface area contributed by atoms with Gasteiger partial charge in [0.25, 0.3) is 5.91 Å². The Morgan fingerprint density at radius 1 is 1.41 bits per heavy atom. The monoisotopic (exact) mass is 465 g/mol. The average Bonchev–Trinajstić information content (AvgIpc) is 2.63. The molecule has 0 spiro atoms. The third-order valence-electron chi connectivity index (χ3n) is 3.28. The second-order valence-electron chi connectivity index (χ2n) is 5.46. The van der Waals surface area contributed by atoms with E-state index in [0.29, 0.717) is 4.47 Å². The van der Waals surface area contributed by atoms with E-state index in [1.54, 1.807) is 13.0 Å². The lowest BCUT2D eigenvalue weighted by molar-refractivity contribution is -0.0295. The van der Waals surface area contributed by atoms with Gasteiger partial charge in [0.1, 0.15) is 18.5 Å². The lowest BCUT2D eigenvalue weighted by Gasteiger charge is -2.15. The van der Waals surface area contributed by atoms with Gasteiger partial charge in [0.15, 0.2) is 11.6 Å². The largest absolute Gasteiger partial charge is 0.394 e. The quantitative estimate of drug-likeness (QED) is 0.370. The van der Waals surface area contributed by atoms with E-state index in [2.05, 4.69) is 26.2 Å². The van der Waals surface area contributed by atoms with Gasteiger partial charge >= 0.3 is 0 Å². The van der Waals surface area contributed by atoms with Gasteiger partial charge in [-0.25, -0.2) is 19.2 Å². The Morgan fingerprint density at radius 2 is 2.11 bits per heavy atom. The molecule has 0 bridgehead atoms. The summed E-state index contributed by atoms with van der Waals surface area (Å²) in [4.78, 5) is 21.1. The first kappa shape index (κ1) is 21.5. The number of pyridine rings is 1. The zero-order chi connectivity index (χ0) is 20.1. The van der Waals surface area contributed by atoms with Crippen LogP contribution in [-0.2, 0) is 4.84 Å². The topological polar surface area (TPSA) is 104 Å². The Labute approximate surface area is 166 Å². The fourth-order valence-corrected chi connectivity index (χ4v) is 2.71. The zero-order valence-corrected chi connectivity index (χ0v) is 16.2. The van der Waals surface area contributed by atoms with Crippen LogP contribution in [0.15, 0.2) is 22.8 Å². The van der Waals surface area contributed by atoms with Crippen LogP contribution >= 0.6 is 27.5 Å². The van der Waals surface area contributed by atoms with Crippen LogP contribution < -0.4 is 10.8 Å². The van der Waals surface area contributed by atoms with Gasteiger partial charge in [-0.3, -0.25) is 9.63 Å². The number of benzene rings is 1. The van der Waals surface area contributed by atoms with Crippen molar-refractivity contribution in [2.45, 2.75) is 13.0 Å². The zero-order valence-electron chi connectivity index (χ0n) is 13.9. The van der Waals surface area contributed by atoms with Crippen molar-refractivity contribution in [3.63, 3.8) is 0 Å². The number of aliphatic hydroxyl groups excluding tert-OH is 2. The van der Waals surface area contributed by atoms with Gasteiger partial charge in [-0.15, -0.1) is 0 Å². The van der Waals surface area contributed by atoms with Crippen molar-refractivity contribution >= 4 is 44.9 Å². The molecule has 0 aliphatic rings. The van der Waals surface area contributed by atoms with Gasteiger partial charge in [0.2, 0.25) is 0 Å². The van der Waals surface area contributed by atoms with Gasteiger partial charge in [-0.2, -0.15) is 0 Å². The van der Waals surface area contributed by atoms with Crippen molar-refractivity contribution in [1.29, 1.82) is 0 Å². The Morgan fingerprint density at radius 3 is 2.74 bits per heavy atom. The number of nitrogens with zero attached hydrogens (tertiary/aromatic N) is 1. The molecule has 0 aliphatic carbocycles. The summed E-state index contributed by atoms with van der Waals surface area (Å²) < 4.78 is 28.8. The summed E-state index contributed by atoms with van der Waals surface area (Å²) >= 11 is 8.88. The first-order valence-electron chi connectivity index (χ1n) is 7.52. The minimum absolute atomic E-state index is 0.145. The third kappa shape index (κ3) is 5.33. The van der Waals surface area contributed by atoms with Crippen LogP contribution in [0.3, 0.4) is 0 Å². The molecule has 11 heteroatoms. The minimum Gasteiger partial charge on any atom is -0.394 e. The second-order valence-corrected chi connectivity index (χ2v) is 6.72. The average molecular weight is 467 g/mol. The summed E-state index contributed by atoms with van der Waals surface area (Å²) in [6.07, 6.45) is 0.278. The Bertz CT molecular complexity index is 857. The van der Waals surface area contributed by atoms with E-state index in [4.69, 9.17) is 21.5 Å². The van der Waals surface area contributed by atoms with Crippen LogP contribution in [0, 0.1) is 18.6 Å². The molecule has 0 saturated heterocycles. The minimum atomic E-state index is -1.38. The molecular formula is C16H15BrClF2N3O4. The first-order chi connectivity index (χ1) is 12.7. The molecule has 2 rings (SSSR count). The third-order valence-corrected chi connectivity index (χ3v) is 4.16. The van der Waals surface area contributed by atoms with Crippen LogP contribution in [0.4, 0.5) is 20.3 Å². The number of aromatic nitrogens is 1. The van der Waals surface area contributed by atoms with Crippen molar-refractivity contribution in [3.05, 3.63) is 50.6 Å². The summed E-state index contributed by atoms with van der Waals surface area (Å²) in [7, 11) is 0. The van der Waals surface area contributed by atoms with Crippen LogP contribution in [0.25, 0.3) is 0 Å². The lowest BCUT2D eigenvalue weighted by atomic mass is 10.1. The number of aryl methyl sites for hydroxylation is 1. The molecule has 4 N–H and O–H groups in total. The lowest BCUT2D eigenvalue weighted by Crippen LogP contribution is -2.30. The molecule has 1 atom stereocenters. The number of halogens is 4. The summed E-state index contributed by atoms with van der Waals surface area (Å²) in [5, 5.41) is 19.8. The van der Waals surface area contributed by atoms with Gasteiger partial charge in [0.05, 0.1) is 27.4 Å². The van der Waals surface area contributed by atoms with Crippen molar-refractivity contribution in [2.75, 3.05) is 18.5 Å². The number of nitrogens with one attached hydrogen (secondary N) is 2. The summed E-state index contributed by atoms with van der Waals surface area (Å²) in [5.41, 5.74) is 1.92. The number of rotatable bonds is 7. The fraction of sp³-hybridized carbons (Fsp3) is 0.250. The fourth-order valence-electron chi connectivity index (χ4n) is 1.95.